The van der Waals surface area contributed by atoms with E-state index in [9.17, 15) is 0 Å². The average molecular weight is 154 g/mol. The highest BCUT2D eigenvalue weighted by Crippen LogP contribution is 2.21. The molecule has 0 aliphatic carbocycles. The Morgan fingerprint density at radius 3 is 2.18 bits per heavy atom. The summed E-state index contributed by atoms with van der Waals surface area (Å²) < 4.78 is 0. The van der Waals surface area contributed by atoms with Gasteiger partial charge in [0, 0.05) is 0 Å². The molecule has 0 saturated carbocycles. The first-order valence-corrected chi connectivity index (χ1v) is 4.79. The molecule has 66 valence electrons. The third-order valence-corrected chi connectivity index (χ3v) is 2.60. The Hall–Kier alpha value is -0.260. The Labute approximate surface area is 71.7 Å². The molecule has 0 aromatic rings. The summed E-state index contributed by atoms with van der Waals surface area (Å²) in [6, 6.07) is 0. The third kappa shape index (κ3) is 4.23. The fourth-order valence-electron chi connectivity index (χ4n) is 1.29. The van der Waals surface area contributed by atoms with E-state index in [-0.39, 0.29) is 0 Å². The lowest BCUT2D eigenvalue weighted by atomic mass is 9.89. The van der Waals surface area contributed by atoms with Crippen molar-refractivity contribution >= 4 is 0 Å². The van der Waals surface area contributed by atoms with Gasteiger partial charge in [0.2, 0.25) is 0 Å². The lowest BCUT2D eigenvalue weighted by Crippen LogP contribution is -2.03. The number of rotatable bonds is 5. The second-order valence-electron chi connectivity index (χ2n) is 3.66. The van der Waals surface area contributed by atoms with E-state index in [1.165, 1.54) is 18.4 Å². The molecule has 2 unspecified atom stereocenters. The monoisotopic (exact) mass is 154 g/mol. The molecule has 0 nitrogen and oxygen atoms in total. The first-order valence-electron chi connectivity index (χ1n) is 4.79. The quantitative estimate of drug-likeness (QED) is 0.524. The number of allylic oxidation sites excluding steroid dienone is 1. The summed E-state index contributed by atoms with van der Waals surface area (Å²) in [4.78, 5) is 0. The number of hydrogen-bond acceptors (Lipinski definition) is 0. The van der Waals surface area contributed by atoms with Crippen LogP contribution in [0.1, 0.15) is 47.0 Å². The van der Waals surface area contributed by atoms with Gasteiger partial charge < -0.3 is 0 Å². The van der Waals surface area contributed by atoms with Crippen molar-refractivity contribution in [1.82, 2.24) is 0 Å². The highest BCUT2D eigenvalue weighted by atomic mass is 14.1. The van der Waals surface area contributed by atoms with Crippen molar-refractivity contribution in [2.75, 3.05) is 0 Å². The SMILES string of the molecule is C=C(CC)C(C)CC(C)CC. The molecular formula is C11H22. The zero-order valence-corrected chi connectivity index (χ0v) is 8.48. The minimum absolute atomic E-state index is 0.718. The van der Waals surface area contributed by atoms with Gasteiger partial charge in [-0.05, 0) is 24.7 Å². The van der Waals surface area contributed by atoms with Crippen molar-refractivity contribution in [3.63, 3.8) is 0 Å². The molecule has 0 heteroatoms. The molecule has 0 aromatic heterocycles. The predicted molar refractivity (Wildman–Crippen MR) is 52.7 cm³/mol. The van der Waals surface area contributed by atoms with Gasteiger partial charge in [-0.1, -0.05) is 46.3 Å². The van der Waals surface area contributed by atoms with Crippen LogP contribution in [0, 0.1) is 11.8 Å². The van der Waals surface area contributed by atoms with Gasteiger partial charge in [-0.25, -0.2) is 0 Å². The zero-order valence-electron chi connectivity index (χ0n) is 8.48. The molecule has 0 aliphatic rings. The van der Waals surface area contributed by atoms with Gasteiger partial charge in [-0.2, -0.15) is 0 Å². The van der Waals surface area contributed by atoms with Crippen molar-refractivity contribution in [3.05, 3.63) is 12.2 Å². The van der Waals surface area contributed by atoms with Crippen molar-refractivity contribution in [3.8, 4) is 0 Å². The van der Waals surface area contributed by atoms with Gasteiger partial charge in [0.1, 0.15) is 0 Å². The zero-order chi connectivity index (χ0) is 8.85. The Morgan fingerprint density at radius 2 is 1.82 bits per heavy atom. The van der Waals surface area contributed by atoms with E-state index in [1.54, 1.807) is 0 Å². The second kappa shape index (κ2) is 5.40. The van der Waals surface area contributed by atoms with Gasteiger partial charge >= 0.3 is 0 Å². The van der Waals surface area contributed by atoms with Crippen LogP contribution in [0.4, 0.5) is 0 Å². The molecular weight excluding hydrogens is 132 g/mol. The van der Waals surface area contributed by atoms with Crippen LogP contribution in [-0.2, 0) is 0 Å². The summed E-state index contributed by atoms with van der Waals surface area (Å²) in [5.41, 5.74) is 1.41. The van der Waals surface area contributed by atoms with Gasteiger partial charge in [0.15, 0.2) is 0 Å². The summed E-state index contributed by atoms with van der Waals surface area (Å²) in [6.07, 6.45) is 3.74. The van der Waals surface area contributed by atoms with Crippen LogP contribution in [0.2, 0.25) is 0 Å². The highest BCUT2D eigenvalue weighted by Gasteiger charge is 2.08. The molecule has 0 aromatic carbocycles. The van der Waals surface area contributed by atoms with Crippen molar-refractivity contribution in [2.24, 2.45) is 11.8 Å². The Bertz CT molecular complexity index is 113. The molecule has 0 radical (unpaired) electrons. The summed E-state index contributed by atoms with van der Waals surface area (Å²) in [7, 11) is 0. The van der Waals surface area contributed by atoms with Crippen LogP contribution in [0.5, 0.6) is 0 Å². The van der Waals surface area contributed by atoms with Gasteiger partial charge in [0.05, 0.1) is 0 Å². The Balaban J connectivity index is 3.67. The second-order valence-corrected chi connectivity index (χ2v) is 3.66. The van der Waals surface area contributed by atoms with Gasteiger partial charge in [0.25, 0.3) is 0 Å². The van der Waals surface area contributed by atoms with Crippen LogP contribution in [0.3, 0.4) is 0 Å². The third-order valence-electron chi connectivity index (χ3n) is 2.60. The molecule has 2 atom stereocenters. The molecule has 0 rings (SSSR count). The van der Waals surface area contributed by atoms with E-state index in [0.717, 1.165) is 18.3 Å². The van der Waals surface area contributed by atoms with Crippen molar-refractivity contribution in [2.45, 2.75) is 47.0 Å². The standard InChI is InChI=1S/C11H22/c1-6-9(3)8-11(5)10(4)7-2/h9,11H,4,6-8H2,1-3,5H3. The van der Waals surface area contributed by atoms with E-state index in [4.69, 9.17) is 0 Å². The fraction of sp³-hybridized carbons (Fsp3) is 0.818. The van der Waals surface area contributed by atoms with E-state index >= 15 is 0 Å². The minimum Gasteiger partial charge on any atom is -0.0996 e. The smallest absolute Gasteiger partial charge is 0.0232 e. The van der Waals surface area contributed by atoms with E-state index < -0.39 is 0 Å². The minimum atomic E-state index is 0.718. The Kier molecular flexibility index (Phi) is 5.27. The topological polar surface area (TPSA) is 0 Å². The van der Waals surface area contributed by atoms with E-state index in [1.807, 2.05) is 0 Å². The summed E-state index contributed by atoms with van der Waals surface area (Å²) in [5, 5.41) is 0. The molecule has 0 saturated heterocycles. The summed E-state index contributed by atoms with van der Waals surface area (Å²) in [6.45, 7) is 13.1. The van der Waals surface area contributed by atoms with Crippen LogP contribution < -0.4 is 0 Å². The lowest BCUT2D eigenvalue weighted by molar-refractivity contribution is 0.438. The van der Waals surface area contributed by atoms with Crippen molar-refractivity contribution < 1.29 is 0 Å². The fourth-order valence-corrected chi connectivity index (χ4v) is 1.29. The first kappa shape index (κ1) is 10.7. The van der Waals surface area contributed by atoms with Crippen LogP contribution in [0.15, 0.2) is 12.2 Å². The average Bonchev–Trinajstić information content (AvgIpc) is 2.02. The maximum absolute atomic E-state index is 4.06. The molecule has 0 aliphatic heterocycles. The van der Waals surface area contributed by atoms with Crippen molar-refractivity contribution in [1.29, 1.82) is 0 Å². The summed E-state index contributed by atoms with van der Waals surface area (Å²) >= 11 is 0. The molecule has 0 bridgehead atoms. The van der Waals surface area contributed by atoms with Crippen LogP contribution in [-0.4, -0.2) is 0 Å². The number of hydrogen-bond donors (Lipinski definition) is 0. The van der Waals surface area contributed by atoms with E-state index in [0.29, 0.717) is 0 Å². The maximum atomic E-state index is 4.06. The molecule has 0 fully saturated rings. The Morgan fingerprint density at radius 1 is 1.27 bits per heavy atom. The lowest BCUT2D eigenvalue weighted by Gasteiger charge is -2.16. The maximum Gasteiger partial charge on any atom is -0.0232 e. The van der Waals surface area contributed by atoms with E-state index in [2.05, 4.69) is 34.3 Å². The predicted octanol–water partition coefficient (Wildman–Crippen LogP) is 4.02. The molecule has 0 amide bonds. The van der Waals surface area contributed by atoms with Crippen LogP contribution >= 0.6 is 0 Å². The molecule has 0 N–H and O–H groups in total. The van der Waals surface area contributed by atoms with Crippen LogP contribution in [0.25, 0.3) is 0 Å². The molecule has 0 spiro atoms. The molecule has 11 heavy (non-hydrogen) atoms. The normalized spacial score (nSPS) is 16.0. The largest absolute Gasteiger partial charge is 0.0996 e. The van der Waals surface area contributed by atoms with Gasteiger partial charge in [-0.3, -0.25) is 0 Å². The first-order chi connectivity index (χ1) is 5.11. The van der Waals surface area contributed by atoms with Gasteiger partial charge in [-0.15, -0.1) is 0 Å². The highest BCUT2D eigenvalue weighted by molar-refractivity contribution is 4.97. The molecule has 0 heterocycles. The summed E-state index contributed by atoms with van der Waals surface area (Å²) in [5.74, 6) is 1.57.